The van der Waals surface area contributed by atoms with Crippen LogP contribution in [0.3, 0.4) is 0 Å². The number of nitrogens with one attached hydrogen (secondary N) is 1. The molecule has 0 amide bonds. The molecule has 17 heavy (non-hydrogen) atoms. The van der Waals surface area contributed by atoms with Crippen molar-refractivity contribution in [3.8, 4) is 0 Å². The van der Waals surface area contributed by atoms with Crippen LogP contribution >= 0.6 is 0 Å². The van der Waals surface area contributed by atoms with Crippen molar-refractivity contribution in [1.82, 2.24) is 10.2 Å². The zero-order chi connectivity index (χ0) is 12.3. The summed E-state index contributed by atoms with van der Waals surface area (Å²) in [6, 6.07) is 0.809. The molecule has 0 heterocycles. The summed E-state index contributed by atoms with van der Waals surface area (Å²) in [5.74, 6) is 0.951. The van der Waals surface area contributed by atoms with E-state index in [0.717, 1.165) is 12.0 Å². The fraction of sp³-hybridized carbons (Fsp3) is 1.00. The SMILES string of the molecule is CNCC1(C(C2CCCCC2)N(C)C)CCC1. The minimum atomic E-state index is 0.584. The number of hydrogen-bond donors (Lipinski definition) is 1. The first-order chi connectivity index (χ1) is 8.19. The number of hydrogen-bond acceptors (Lipinski definition) is 2. The van der Waals surface area contributed by atoms with E-state index in [1.54, 1.807) is 0 Å². The van der Waals surface area contributed by atoms with Gasteiger partial charge in [-0.15, -0.1) is 0 Å². The highest BCUT2D eigenvalue weighted by Crippen LogP contribution is 2.49. The van der Waals surface area contributed by atoms with Crippen molar-refractivity contribution in [2.24, 2.45) is 11.3 Å². The summed E-state index contributed by atoms with van der Waals surface area (Å²) in [4.78, 5) is 2.53. The molecule has 0 bridgehead atoms. The monoisotopic (exact) mass is 238 g/mol. The maximum absolute atomic E-state index is 3.46. The first-order valence-electron chi connectivity index (χ1n) is 7.51. The van der Waals surface area contributed by atoms with Gasteiger partial charge in [-0.1, -0.05) is 25.7 Å². The minimum Gasteiger partial charge on any atom is -0.319 e. The fourth-order valence-corrected chi connectivity index (χ4v) is 4.48. The quantitative estimate of drug-likeness (QED) is 0.792. The zero-order valence-corrected chi connectivity index (χ0v) is 12.0. The molecule has 2 aliphatic carbocycles. The van der Waals surface area contributed by atoms with E-state index in [1.165, 1.54) is 57.9 Å². The summed E-state index contributed by atoms with van der Waals surface area (Å²) in [5.41, 5.74) is 0.584. The van der Waals surface area contributed by atoms with E-state index >= 15 is 0 Å². The Morgan fingerprint density at radius 1 is 1.12 bits per heavy atom. The molecule has 2 nitrogen and oxygen atoms in total. The van der Waals surface area contributed by atoms with E-state index in [2.05, 4.69) is 31.4 Å². The first-order valence-corrected chi connectivity index (χ1v) is 7.51. The highest BCUT2D eigenvalue weighted by molar-refractivity contribution is 5.01. The summed E-state index contributed by atoms with van der Waals surface area (Å²) in [5, 5.41) is 3.46. The Labute approximate surface area is 107 Å². The van der Waals surface area contributed by atoms with Gasteiger partial charge in [0, 0.05) is 12.6 Å². The largest absolute Gasteiger partial charge is 0.319 e. The molecule has 2 saturated carbocycles. The van der Waals surface area contributed by atoms with Crippen molar-refractivity contribution < 1.29 is 0 Å². The fourth-order valence-electron chi connectivity index (χ4n) is 4.48. The van der Waals surface area contributed by atoms with Gasteiger partial charge >= 0.3 is 0 Å². The highest BCUT2D eigenvalue weighted by Gasteiger charge is 2.47. The predicted molar refractivity (Wildman–Crippen MR) is 74.3 cm³/mol. The van der Waals surface area contributed by atoms with Crippen LogP contribution in [0.15, 0.2) is 0 Å². The maximum atomic E-state index is 3.46. The molecule has 1 N–H and O–H groups in total. The topological polar surface area (TPSA) is 15.3 Å². The Morgan fingerprint density at radius 3 is 2.18 bits per heavy atom. The van der Waals surface area contributed by atoms with Gasteiger partial charge in [-0.2, -0.15) is 0 Å². The van der Waals surface area contributed by atoms with Crippen LogP contribution in [-0.4, -0.2) is 38.6 Å². The van der Waals surface area contributed by atoms with E-state index in [1.807, 2.05) is 0 Å². The van der Waals surface area contributed by atoms with Crippen molar-refractivity contribution in [2.45, 2.75) is 57.4 Å². The zero-order valence-electron chi connectivity index (χ0n) is 12.0. The Hall–Kier alpha value is -0.0800. The normalized spacial score (nSPS) is 26.8. The first kappa shape index (κ1) is 13.4. The highest BCUT2D eigenvalue weighted by atomic mass is 15.1. The summed E-state index contributed by atoms with van der Waals surface area (Å²) in [7, 11) is 6.72. The second-order valence-electron chi connectivity index (χ2n) is 6.55. The molecule has 1 unspecified atom stereocenters. The van der Waals surface area contributed by atoms with E-state index in [-0.39, 0.29) is 0 Å². The third-order valence-corrected chi connectivity index (χ3v) is 5.16. The Morgan fingerprint density at radius 2 is 1.76 bits per heavy atom. The molecule has 2 fully saturated rings. The molecule has 2 heteroatoms. The van der Waals surface area contributed by atoms with E-state index < -0.39 is 0 Å². The summed E-state index contributed by atoms with van der Waals surface area (Å²) in [6.07, 6.45) is 11.6. The summed E-state index contributed by atoms with van der Waals surface area (Å²) in [6.45, 7) is 1.21. The molecular weight excluding hydrogens is 208 g/mol. The maximum Gasteiger partial charge on any atom is 0.0186 e. The minimum absolute atomic E-state index is 0.584. The molecule has 0 radical (unpaired) electrons. The number of nitrogens with zero attached hydrogens (tertiary/aromatic N) is 1. The van der Waals surface area contributed by atoms with Gasteiger partial charge in [0.15, 0.2) is 0 Å². The van der Waals surface area contributed by atoms with Gasteiger partial charge in [-0.25, -0.2) is 0 Å². The van der Waals surface area contributed by atoms with Gasteiger partial charge in [0.05, 0.1) is 0 Å². The lowest BCUT2D eigenvalue weighted by Crippen LogP contribution is -2.57. The van der Waals surface area contributed by atoms with Gasteiger partial charge in [-0.3, -0.25) is 0 Å². The molecule has 100 valence electrons. The van der Waals surface area contributed by atoms with Crippen LogP contribution in [0.1, 0.15) is 51.4 Å². The molecule has 1 atom stereocenters. The molecule has 0 saturated heterocycles. The molecular formula is C15H30N2. The van der Waals surface area contributed by atoms with Gasteiger partial charge < -0.3 is 10.2 Å². The predicted octanol–water partition coefficient (Wildman–Crippen LogP) is 2.89. The van der Waals surface area contributed by atoms with Crippen molar-refractivity contribution in [1.29, 1.82) is 0 Å². The van der Waals surface area contributed by atoms with E-state index in [4.69, 9.17) is 0 Å². The van der Waals surface area contributed by atoms with Crippen molar-refractivity contribution >= 4 is 0 Å². The molecule has 0 aromatic carbocycles. The summed E-state index contributed by atoms with van der Waals surface area (Å²) < 4.78 is 0. The van der Waals surface area contributed by atoms with Gasteiger partial charge in [0.25, 0.3) is 0 Å². The van der Waals surface area contributed by atoms with Crippen molar-refractivity contribution in [3.63, 3.8) is 0 Å². The molecule has 2 rings (SSSR count). The van der Waals surface area contributed by atoms with Crippen LogP contribution in [0.25, 0.3) is 0 Å². The Bertz CT molecular complexity index is 227. The van der Waals surface area contributed by atoms with Crippen LogP contribution in [-0.2, 0) is 0 Å². The lowest BCUT2D eigenvalue weighted by Gasteiger charge is -2.54. The second kappa shape index (κ2) is 5.71. The average Bonchev–Trinajstić information content (AvgIpc) is 2.27. The standard InChI is InChI=1S/C15H30N2/c1-16-12-15(10-7-11-15)14(17(2)3)13-8-5-4-6-9-13/h13-14,16H,4-12H2,1-3H3. The van der Waals surface area contributed by atoms with E-state index in [9.17, 15) is 0 Å². The third kappa shape index (κ3) is 2.68. The molecule has 2 aliphatic rings. The van der Waals surface area contributed by atoms with Crippen LogP contribution in [0.4, 0.5) is 0 Å². The van der Waals surface area contributed by atoms with Gasteiger partial charge in [0.1, 0.15) is 0 Å². The molecule has 0 spiro atoms. The van der Waals surface area contributed by atoms with Gasteiger partial charge in [0.2, 0.25) is 0 Å². The molecule has 0 aromatic heterocycles. The van der Waals surface area contributed by atoms with Crippen LogP contribution in [0, 0.1) is 11.3 Å². The lowest BCUT2D eigenvalue weighted by atomic mass is 9.59. The lowest BCUT2D eigenvalue weighted by molar-refractivity contribution is -0.0200. The van der Waals surface area contributed by atoms with Crippen molar-refractivity contribution in [2.75, 3.05) is 27.7 Å². The Balaban J connectivity index is 2.09. The van der Waals surface area contributed by atoms with Crippen molar-refractivity contribution in [3.05, 3.63) is 0 Å². The Kier molecular flexibility index (Phi) is 4.48. The smallest absolute Gasteiger partial charge is 0.0186 e. The van der Waals surface area contributed by atoms with Crippen LogP contribution < -0.4 is 5.32 Å². The van der Waals surface area contributed by atoms with E-state index in [0.29, 0.717) is 5.41 Å². The third-order valence-electron chi connectivity index (χ3n) is 5.16. The summed E-state index contributed by atoms with van der Waals surface area (Å²) >= 11 is 0. The second-order valence-corrected chi connectivity index (χ2v) is 6.55. The molecule has 0 aromatic rings. The number of rotatable bonds is 5. The van der Waals surface area contributed by atoms with Gasteiger partial charge in [-0.05, 0) is 58.2 Å². The van der Waals surface area contributed by atoms with Crippen LogP contribution in [0.5, 0.6) is 0 Å². The average molecular weight is 238 g/mol. The van der Waals surface area contributed by atoms with Crippen LogP contribution in [0.2, 0.25) is 0 Å². The molecule has 0 aliphatic heterocycles.